The van der Waals surface area contributed by atoms with Gasteiger partial charge in [0, 0.05) is 0 Å². The van der Waals surface area contributed by atoms with Crippen LogP contribution in [0, 0.1) is 0 Å². The predicted octanol–water partition coefficient (Wildman–Crippen LogP) is 3.45. The molecule has 3 heteroatoms. The van der Waals surface area contributed by atoms with Crippen LogP contribution in [0.4, 0.5) is 10.5 Å². The number of carbonyl (C=O) groups is 1. The van der Waals surface area contributed by atoms with Gasteiger partial charge in [-0.05, 0) is 18.6 Å². The maximum Gasteiger partial charge on any atom is 0.411 e. The van der Waals surface area contributed by atoms with Crippen molar-refractivity contribution in [3.63, 3.8) is 0 Å². The smallest absolute Gasteiger partial charge is 0.411 e. The standard InChI is InChI=1S/C13H15NO2/c1-3-5-8-11-9-6-7-10-12(11)14-13(15)16-4-2/h3,5-10H,1,4H2,2H3,(H,14,15)/b8-5-. The van der Waals surface area contributed by atoms with Crippen molar-refractivity contribution in [2.45, 2.75) is 6.92 Å². The lowest BCUT2D eigenvalue weighted by Crippen LogP contribution is -2.13. The number of hydrogen-bond donors (Lipinski definition) is 1. The molecule has 0 unspecified atom stereocenters. The summed E-state index contributed by atoms with van der Waals surface area (Å²) >= 11 is 0. The summed E-state index contributed by atoms with van der Waals surface area (Å²) in [7, 11) is 0. The van der Waals surface area contributed by atoms with Gasteiger partial charge >= 0.3 is 6.09 Å². The molecule has 0 aliphatic heterocycles. The van der Waals surface area contributed by atoms with Crippen LogP contribution in [0.2, 0.25) is 0 Å². The lowest BCUT2D eigenvalue weighted by Gasteiger charge is -2.07. The van der Waals surface area contributed by atoms with Crippen molar-refractivity contribution in [1.82, 2.24) is 0 Å². The van der Waals surface area contributed by atoms with Crippen molar-refractivity contribution in [2.24, 2.45) is 0 Å². The zero-order chi connectivity index (χ0) is 11.8. The fraction of sp³-hybridized carbons (Fsp3) is 0.154. The summed E-state index contributed by atoms with van der Waals surface area (Å²) < 4.78 is 4.81. The molecule has 1 aromatic carbocycles. The lowest BCUT2D eigenvalue weighted by molar-refractivity contribution is 0.168. The number of para-hydroxylation sites is 1. The van der Waals surface area contributed by atoms with E-state index < -0.39 is 6.09 Å². The summed E-state index contributed by atoms with van der Waals surface area (Å²) in [4.78, 5) is 11.3. The van der Waals surface area contributed by atoms with Gasteiger partial charge in [-0.15, -0.1) is 0 Å². The Kier molecular flexibility index (Phi) is 4.86. The highest BCUT2D eigenvalue weighted by Crippen LogP contribution is 2.16. The number of rotatable bonds is 4. The molecule has 84 valence electrons. The Morgan fingerprint density at radius 3 is 2.94 bits per heavy atom. The van der Waals surface area contributed by atoms with E-state index in [0.717, 1.165) is 11.3 Å². The Hall–Kier alpha value is -2.03. The van der Waals surface area contributed by atoms with Crippen LogP contribution in [0.15, 0.2) is 43.0 Å². The fourth-order valence-corrected chi connectivity index (χ4v) is 1.21. The van der Waals surface area contributed by atoms with E-state index in [1.165, 1.54) is 0 Å². The molecule has 0 aliphatic carbocycles. The Bertz CT molecular complexity index is 397. The molecular formula is C13H15NO2. The zero-order valence-corrected chi connectivity index (χ0v) is 9.27. The minimum Gasteiger partial charge on any atom is -0.450 e. The van der Waals surface area contributed by atoms with Gasteiger partial charge in [0.25, 0.3) is 0 Å². The average Bonchev–Trinajstić information content (AvgIpc) is 2.28. The maximum absolute atomic E-state index is 11.3. The van der Waals surface area contributed by atoms with Gasteiger partial charge in [-0.2, -0.15) is 0 Å². The molecule has 0 saturated heterocycles. The summed E-state index contributed by atoms with van der Waals surface area (Å²) in [5.41, 5.74) is 1.63. The average molecular weight is 217 g/mol. The van der Waals surface area contributed by atoms with Crippen molar-refractivity contribution in [2.75, 3.05) is 11.9 Å². The zero-order valence-electron chi connectivity index (χ0n) is 9.27. The van der Waals surface area contributed by atoms with Crippen LogP contribution in [0.3, 0.4) is 0 Å². The molecule has 1 rings (SSSR count). The van der Waals surface area contributed by atoms with Crippen LogP contribution in [0.5, 0.6) is 0 Å². The highest BCUT2D eigenvalue weighted by molar-refractivity contribution is 5.87. The third-order valence-corrected chi connectivity index (χ3v) is 1.88. The van der Waals surface area contributed by atoms with Crippen molar-refractivity contribution < 1.29 is 9.53 Å². The number of ether oxygens (including phenoxy) is 1. The van der Waals surface area contributed by atoms with E-state index in [-0.39, 0.29) is 0 Å². The fourth-order valence-electron chi connectivity index (χ4n) is 1.21. The Labute approximate surface area is 95.4 Å². The molecule has 0 aliphatic rings. The van der Waals surface area contributed by atoms with E-state index >= 15 is 0 Å². The third-order valence-electron chi connectivity index (χ3n) is 1.88. The van der Waals surface area contributed by atoms with Crippen LogP contribution in [0.1, 0.15) is 12.5 Å². The molecule has 0 spiro atoms. The highest BCUT2D eigenvalue weighted by Gasteiger charge is 2.03. The minimum absolute atomic E-state index is 0.358. The van der Waals surface area contributed by atoms with Crippen molar-refractivity contribution >= 4 is 17.9 Å². The normalized spacial score (nSPS) is 10.1. The first-order valence-electron chi connectivity index (χ1n) is 5.09. The second kappa shape index (κ2) is 6.45. The van der Waals surface area contributed by atoms with E-state index in [9.17, 15) is 4.79 Å². The summed E-state index contributed by atoms with van der Waals surface area (Å²) in [5.74, 6) is 0. The molecule has 0 aromatic heterocycles. The molecule has 0 heterocycles. The lowest BCUT2D eigenvalue weighted by atomic mass is 10.1. The second-order valence-electron chi connectivity index (χ2n) is 3.03. The van der Waals surface area contributed by atoms with Crippen molar-refractivity contribution in [1.29, 1.82) is 0 Å². The summed E-state index contributed by atoms with van der Waals surface area (Å²) in [6.07, 6.45) is 4.92. The third kappa shape index (κ3) is 3.61. The molecule has 1 aromatic rings. The first-order valence-corrected chi connectivity index (χ1v) is 5.09. The van der Waals surface area contributed by atoms with E-state index in [4.69, 9.17) is 4.74 Å². The maximum atomic E-state index is 11.3. The van der Waals surface area contributed by atoms with E-state index in [0.29, 0.717) is 6.61 Å². The first kappa shape index (κ1) is 12.0. The van der Waals surface area contributed by atoms with Crippen LogP contribution >= 0.6 is 0 Å². The van der Waals surface area contributed by atoms with E-state index in [2.05, 4.69) is 11.9 Å². The molecule has 1 N–H and O–H groups in total. The SMILES string of the molecule is C=C/C=C\c1ccccc1NC(=O)OCC. The van der Waals surface area contributed by atoms with Crippen LogP contribution in [0.25, 0.3) is 6.08 Å². The predicted molar refractivity (Wildman–Crippen MR) is 66.3 cm³/mol. The van der Waals surface area contributed by atoms with Crippen LogP contribution < -0.4 is 5.32 Å². The van der Waals surface area contributed by atoms with Gasteiger partial charge in [0.2, 0.25) is 0 Å². The van der Waals surface area contributed by atoms with Gasteiger partial charge in [-0.3, -0.25) is 5.32 Å². The van der Waals surface area contributed by atoms with Gasteiger partial charge < -0.3 is 4.74 Å². The number of anilines is 1. The highest BCUT2D eigenvalue weighted by atomic mass is 16.5. The summed E-state index contributed by atoms with van der Waals surface area (Å²) in [5, 5.41) is 2.67. The summed E-state index contributed by atoms with van der Waals surface area (Å²) in [6.45, 7) is 5.72. The summed E-state index contributed by atoms with van der Waals surface area (Å²) in [6, 6.07) is 7.48. The number of benzene rings is 1. The van der Waals surface area contributed by atoms with Crippen LogP contribution in [-0.2, 0) is 4.74 Å². The molecule has 16 heavy (non-hydrogen) atoms. The van der Waals surface area contributed by atoms with Gasteiger partial charge in [-0.25, -0.2) is 4.79 Å². The Morgan fingerprint density at radius 1 is 1.50 bits per heavy atom. The van der Waals surface area contributed by atoms with Gasteiger partial charge in [-0.1, -0.05) is 43.0 Å². The molecule has 0 saturated carbocycles. The van der Waals surface area contributed by atoms with Crippen molar-refractivity contribution in [3.05, 3.63) is 48.6 Å². The number of hydrogen-bond acceptors (Lipinski definition) is 2. The molecular weight excluding hydrogens is 202 g/mol. The Morgan fingerprint density at radius 2 is 2.25 bits per heavy atom. The molecule has 0 radical (unpaired) electrons. The molecule has 0 atom stereocenters. The van der Waals surface area contributed by atoms with E-state index in [1.54, 1.807) is 13.0 Å². The van der Waals surface area contributed by atoms with Gasteiger partial charge in [0.1, 0.15) is 0 Å². The monoisotopic (exact) mass is 217 g/mol. The number of carbonyl (C=O) groups excluding carboxylic acids is 1. The van der Waals surface area contributed by atoms with Gasteiger partial charge in [0.15, 0.2) is 0 Å². The second-order valence-corrected chi connectivity index (χ2v) is 3.03. The quantitative estimate of drug-likeness (QED) is 0.784. The molecule has 0 bridgehead atoms. The number of nitrogens with one attached hydrogen (secondary N) is 1. The van der Waals surface area contributed by atoms with Crippen LogP contribution in [-0.4, -0.2) is 12.7 Å². The minimum atomic E-state index is -0.443. The molecule has 1 amide bonds. The molecule has 0 fully saturated rings. The van der Waals surface area contributed by atoms with E-state index in [1.807, 2.05) is 36.4 Å². The van der Waals surface area contributed by atoms with Gasteiger partial charge in [0.05, 0.1) is 12.3 Å². The number of allylic oxidation sites excluding steroid dienone is 2. The largest absolute Gasteiger partial charge is 0.450 e. The topological polar surface area (TPSA) is 38.3 Å². The van der Waals surface area contributed by atoms with Crippen molar-refractivity contribution in [3.8, 4) is 0 Å². The number of amides is 1. The first-order chi connectivity index (χ1) is 7.77. The molecule has 3 nitrogen and oxygen atoms in total. The Balaban J connectivity index is 2.82.